The average molecular weight is 511 g/mol. The second-order valence-corrected chi connectivity index (χ2v) is 12.3. The van der Waals surface area contributed by atoms with E-state index in [1.54, 1.807) is 56.3 Å². The van der Waals surface area contributed by atoms with Crippen LogP contribution in [0, 0.1) is 0 Å². The number of rotatable bonds is 9. The Morgan fingerprint density at radius 1 is 1.00 bits per heavy atom. The summed E-state index contributed by atoms with van der Waals surface area (Å²) in [5.74, 6) is 0.459. The fraction of sp³-hybridized carbons (Fsp3) is 0.238. The molecule has 0 saturated heterocycles. The number of para-hydroxylation sites is 1. The lowest BCUT2D eigenvalue weighted by atomic mass is 10.3. The molecule has 1 aromatic heterocycles. The highest BCUT2D eigenvalue weighted by Crippen LogP contribution is 2.45. The van der Waals surface area contributed by atoms with Crippen LogP contribution in [0.15, 0.2) is 59.6 Å². The van der Waals surface area contributed by atoms with E-state index in [9.17, 15) is 13.0 Å². The second-order valence-electron chi connectivity index (χ2n) is 7.14. The highest BCUT2D eigenvalue weighted by Gasteiger charge is 2.24. The smallest absolute Gasteiger partial charge is 0.338 e. The Balaban J connectivity index is 1.87. The van der Waals surface area contributed by atoms with E-state index in [4.69, 9.17) is 20.6 Å². The van der Waals surface area contributed by atoms with Gasteiger partial charge in [-0.25, -0.2) is 13.4 Å². The molecule has 12 heteroatoms. The van der Waals surface area contributed by atoms with Gasteiger partial charge in [0.05, 0.1) is 27.3 Å². The van der Waals surface area contributed by atoms with Gasteiger partial charge < -0.3 is 19.7 Å². The number of anilines is 4. The molecule has 2 aromatic carbocycles. The van der Waals surface area contributed by atoms with Crippen molar-refractivity contribution < 1.29 is 22.0 Å². The van der Waals surface area contributed by atoms with Gasteiger partial charge in [0, 0.05) is 19.9 Å². The molecule has 2 N–H and O–H groups in total. The molecule has 0 aliphatic carbocycles. The molecular weight excluding hydrogens is 487 g/mol. The van der Waals surface area contributed by atoms with Crippen molar-refractivity contribution in [1.29, 1.82) is 0 Å². The highest BCUT2D eigenvalue weighted by molar-refractivity contribution is 7.92. The minimum absolute atomic E-state index is 0.153. The molecule has 0 aliphatic rings. The molecule has 0 saturated carbocycles. The number of nitrogens with one attached hydrogen (secondary N) is 2. The summed E-state index contributed by atoms with van der Waals surface area (Å²) in [4.78, 5) is 8.69. The normalized spacial score (nSPS) is 12.1. The zero-order valence-corrected chi connectivity index (χ0v) is 20.9. The van der Waals surface area contributed by atoms with E-state index in [2.05, 4.69) is 20.6 Å². The number of halogens is 1. The van der Waals surface area contributed by atoms with Gasteiger partial charge in [-0.05, 0) is 50.2 Å². The van der Waals surface area contributed by atoms with E-state index >= 15 is 0 Å². The molecule has 3 rings (SSSR count). The van der Waals surface area contributed by atoms with Crippen molar-refractivity contribution in [2.75, 3.05) is 24.9 Å². The molecule has 0 unspecified atom stereocenters. The number of hydrogen-bond donors (Lipinski definition) is 2. The number of benzene rings is 2. The molecule has 0 atom stereocenters. The van der Waals surface area contributed by atoms with Crippen LogP contribution in [-0.2, 0) is 23.4 Å². The Kier molecular flexibility index (Phi) is 7.76. The summed E-state index contributed by atoms with van der Waals surface area (Å²) < 4.78 is 47.9. The van der Waals surface area contributed by atoms with E-state index < -0.39 is 22.7 Å². The third kappa shape index (κ3) is 5.54. The van der Waals surface area contributed by atoms with Crippen LogP contribution in [0.2, 0.25) is 5.02 Å². The molecular formula is C21H24ClN4O5PS. The Labute approximate surface area is 198 Å². The largest absolute Gasteiger partial charge is 0.360 e. The Morgan fingerprint density at radius 2 is 1.64 bits per heavy atom. The molecule has 0 radical (unpaired) electrons. The van der Waals surface area contributed by atoms with E-state index in [-0.39, 0.29) is 21.7 Å². The number of hydrogen-bond acceptors (Lipinski definition) is 9. The van der Waals surface area contributed by atoms with Gasteiger partial charge in [0.25, 0.3) is 0 Å². The van der Waals surface area contributed by atoms with Crippen molar-refractivity contribution in [3.8, 4) is 0 Å². The van der Waals surface area contributed by atoms with Gasteiger partial charge in [-0.3, -0.25) is 4.57 Å². The third-order valence-corrected chi connectivity index (χ3v) is 9.11. The minimum Gasteiger partial charge on any atom is -0.338 e. The molecule has 1 heterocycles. The molecule has 0 fully saturated rings. The predicted octanol–water partition coefficient (Wildman–Crippen LogP) is 4.91. The first-order chi connectivity index (χ1) is 15.6. The maximum absolute atomic E-state index is 12.7. The number of nitrogens with zero attached hydrogens (tertiary/aromatic N) is 2. The van der Waals surface area contributed by atoms with Crippen LogP contribution in [0.25, 0.3) is 0 Å². The average Bonchev–Trinajstić information content (AvgIpc) is 2.81. The van der Waals surface area contributed by atoms with Crippen LogP contribution in [0.3, 0.4) is 0 Å². The topological polar surface area (TPSA) is 120 Å². The summed E-state index contributed by atoms with van der Waals surface area (Å²) >= 11 is 6.26. The van der Waals surface area contributed by atoms with Gasteiger partial charge in [0.2, 0.25) is 5.95 Å². The summed E-state index contributed by atoms with van der Waals surface area (Å²) in [5, 5.41) is 6.05. The van der Waals surface area contributed by atoms with Gasteiger partial charge in [0.15, 0.2) is 15.7 Å². The molecule has 33 heavy (non-hydrogen) atoms. The molecule has 0 amide bonds. The van der Waals surface area contributed by atoms with Crippen LogP contribution in [-0.4, -0.2) is 37.9 Å². The van der Waals surface area contributed by atoms with E-state index in [0.717, 1.165) is 0 Å². The van der Waals surface area contributed by atoms with Crippen molar-refractivity contribution in [1.82, 2.24) is 9.97 Å². The number of aromatic nitrogens is 2. The second kappa shape index (κ2) is 10.2. The lowest BCUT2D eigenvalue weighted by Crippen LogP contribution is -2.15. The summed E-state index contributed by atoms with van der Waals surface area (Å²) in [6, 6.07) is 13.1. The van der Waals surface area contributed by atoms with Gasteiger partial charge in [-0.15, -0.1) is 0 Å². The SMILES string of the molecule is COP(=O)(OC)c1ccc(Nc2ncc(Cl)c(Nc3ccccc3S(=O)(=O)C(C)C)n2)cc1. The van der Waals surface area contributed by atoms with Crippen molar-refractivity contribution >= 4 is 57.5 Å². The Morgan fingerprint density at radius 3 is 2.24 bits per heavy atom. The molecule has 176 valence electrons. The summed E-state index contributed by atoms with van der Waals surface area (Å²) in [7, 11) is -4.25. The standard InChI is InChI=1S/C21H24ClN4O5PS/c1-14(2)33(28,29)19-8-6-5-7-18(19)25-20-17(22)13-23-21(26-20)24-15-9-11-16(12-10-15)32(27,30-3)31-4/h5-14H,1-4H3,(H2,23,24,25,26). The van der Waals surface area contributed by atoms with Crippen molar-refractivity contribution in [2.45, 2.75) is 24.0 Å². The molecule has 0 spiro atoms. The van der Waals surface area contributed by atoms with Gasteiger partial charge >= 0.3 is 7.60 Å². The Bertz CT molecular complexity index is 1280. The van der Waals surface area contributed by atoms with E-state index in [1.807, 2.05) is 0 Å². The van der Waals surface area contributed by atoms with E-state index in [1.165, 1.54) is 26.5 Å². The maximum atomic E-state index is 12.7. The van der Waals surface area contributed by atoms with Crippen LogP contribution in [0.4, 0.5) is 23.1 Å². The molecule has 0 aliphatic heterocycles. The van der Waals surface area contributed by atoms with Crippen LogP contribution < -0.4 is 15.9 Å². The van der Waals surface area contributed by atoms with Gasteiger partial charge in [0.1, 0.15) is 5.02 Å². The van der Waals surface area contributed by atoms with Crippen molar-refractivity contribution in [3.05, 3.63) is 59.8 Å². The predicted molar refractivity (Wildman–Crippen MR) is 130 cm³/mol. The third-order valence-electron chi connectivity index (χ3n) is 4.73. The van der Waals surface area contributed by atoms with Crippen molar-refractivity contribution in [3.63, 3.8) is 0 Å². The number of sulfone groups is 1. The van der Waals surface area contributed by atoms with Crippen molar-refractivity contribution in [2.24, 2.45) is 0 Å². The lowest BCUT2D eigenvalue weighted by Gasteiger charge is -2.16. The maximum Gasteiger partial charge on any atom is 0.360 e. The van der Waals surface area contributed by atoms with Crippen LogP contribution >= 0.6 is 19.2 Å². The fourth-order valence-electron chi connectivity index (χ4n) is 2.86. The molecule has 9 nitrogen and oxygen atoms in total. The Hall–Kier alpha value is -2.49. The summed E-state index contributed by atoms with van der Waals surface area (Å²) in [6.07, 6.45) is 1.40. The first kappa shape index (κ1) is 25.1. The van der Waals surface area contributed by atoms with Crippen LogP contribution in [0.1, 0.15) is 13.8 Å². The lowest BCUT2D eigenvalue weighted by molar-refractivity contribution is 0.287. The van der Waals surface area contributed by atoms with E-state index in [0.29, 0.717) is 16.7 Å². The quantitative estimate of drug-likeness (QED) is 0.387. The fourth-order valence-corrected chi connectivity index (χ4v) is 5.28. The first-order valence-corrected chi connectivity index (χ1v) is 13.3. The molecule has 3 aromatic rings. The zero-order valence-electron chi connectivity index (χ0n) is 18.4. The minimum atomic E-state index is -3.53. The highest BCUT2D eigenvalue weighted by atomic mass is 35.5. The van der Waals surface area contributed by atoms with Crippen LogP contribution in [0.5, 0.6) is 0 Å². The zero-order chi connectivity index (χ0) is 24.2. The molecule has 0 bridgehead atoms. The monoisotopic (exact) mass is 510 g/mol. The van der Waals surface area contributed by atoms with Gasteiger partial charge in [-0.1, -0.05) is 23.7 Å². The first-order valence-electron chi connectivity index (χ1n) is 9.82. The van der Waals surface area contributed by atoms with Gasteiger partial charge in [-0.2, -0.15) is 4.98 Å². The summed E-state index contributed by atoms with van der Waals surface area (Å²) in [6.45, 7) is 3.24. The summed E-state index contributed by atoms with van der Waals surface area (Å²) in [5.41, 5.74) is 0.977.